The quantitative estimate of drug-likeness (QED) is 0.368. The van der Waals surface area contributed by atoms with Crippen LogP contribution in [0.4, 0.5) is 5.69 Å². The number of aromatic hydroxyl groups is 2. The van der Waals surface area contributed by atoms with Gasteiger partial charge in [0.05, 0.1) is 17.1 Å². The number of nitrogens with two attached hydrogens (primary N) is 1. The van der Waals surface area contributed by atoms with Crippen LogP contribution in [-0.4, -0.2) is 26.3 Å². The van der Waals surface area contributed by atoms with E-state index in [0.29, 0.717) is 0 Å². The Morgan fingerprint density at radius 1 is 1.37 bits per heavy atom. The lowest BCUT2D eigenvalue weighted by atomic mass is 9.77. The second kappa shape index (κ2) is 5.02. The molecule has 1 aliphatic rings. The Labute approximate surface area is 109 Å². The molecule has 7 heteroatoms. The van der Waals surface area contributed by atoms with Crippen molar-refractivity contribution >= 4 is 5.69 Å². The normalized spacial score (nSPS) is 18.6. The molecule has 0 unspecified atom stereocenters. The first kappa shape index (κ1) is 13.6. The maximum absolute atomic E-state index is 10.8. The molecule has 0 aliphatic heterocycles. The minimum Gasteiger partial charge on any atom is -0.504 e. The van der Waals surface area contributed by atoms with E-state index in [0.717, 1.165) is 31.4 Å². The van der Waals surface area contributed by atoms with Crippen LogP contribution in [0.3, 0.4) is 0 Å². The summed E-state index contributed by atoms with van der Waals surface area (Å²) in [6.45, 7) is 0. The van der Waals surface area contributed by atoms with E-state index in [4.69, 9.17) is 5.73 Å². The van der Waals surface area contributed by atoms with Gasteiger partial charge in [0, 0.05) is 6.07 Å². The highest BCUT2D eigenvalue weighted by Gasteiger charge is 2.32. The fourth-order valence-electron chi connectivity index (χ4n) is 2.23. The number of phenolic OH excluding ortho intramolecular Hbond substituents is 2. The van der Waals surface area contributed by atoms with Crippen molar-refractivity contribution in [3.05, 3.63) is 27.8 Å². The average molecular weight is 268 g/mol. The molecule has 0 saturated heterocycles. The number of aliphatic hydroxyl groups is 1. The van der Waals surface area contributed by atoms with Crippen LogP contribution in [0.2, 0.25) is 0 Å². The number of nitro benzene ring substituents is 1. The number of nitrogens with zero attached hydrogens (tertiary/aromatic N) is 1. The van der Waals surface area contributed by atoms with Crippen molar-refractivity contribution in [2.24, 2.45) is 11.7 Å². The summed E-state index contributed by atoms with van der Waals surface area (Å²) < 4.78 is 0. The van der Waals surface area contributed by atoms with Gasteiger partial charge in [0.15, 0.2) is 5.75 Å². The van der Waals surface area contributed by atoms with Crippen molar-refractivity contribution in [1.82, 2.24) is 0 Å². The number of aliphatic hydroxyl groups excluding tert-OH is 1. The highest BCUT2D eigenvalue weighted by Crippen LogP contribution is 2.40. The molecule has 0 heterocycles. The zero-order valence-electron chi connectivity index (χ0n) is 10.2. The topological polar surface area (TPSA) is 130 Å². The van der Waals surface area contributed by atoms with Gasteiger partial charge in [-0.25, -0.2) is 0 Å². The molecule has 5 N–H and O–H groups in total. The summed E-state index contributed by atoms with van der Waals surface area (Å²) in [5.41, 5.74) is 5.49. The van der Waals surface area contributed by atoms with Crippen molar-refractivity contribution in [3.8, 4) is 11.5 Å². The summed E-state index contributed by atoms with van der Waals surface area (Å²) in [5, 5.41) is 39.7. The first-order valence-electron chi connectivity index (χ1n) is 6.05. The minimum absolute atomic E-state index is 0.0880. The smallest absolute Gasteiger partial charge is 0.314 e. The van der Waals surface area contributed by atoms with Gasteiger partial charge in [-0.1, -0.05) is 6.42 Å². The molecule has 1 aromatic carbocycles. The summed E-state index contributed by atoms with van der Waals surface area (Å²) in [7, 11) is 0. The van der Waals surface area contributed by atoms with E-state index < -0.39 is 34.3 Å². The van der Waals surface area contributed by atoms with Gasteiger partial charge in [-0.05, 0) is 30.4 Å². The van der Waals surface area contributed by atoms with Crippen LogP contribution in [-0.2, 0) is 0 Å². The van der Waals surface area contributed by atoms with Gasteiger partial charge >= 0.3 is 5.69 Å². The molecular weight excluding hydrogens is 252 g/mol. The van der Waals surface area contributed by atoms with E-state index in [1.54, 1.807) is 0 Å². The number of hydrogen-bond acceptors (Lipinski definition) is 6. The standard InChI is InChI=1S/C12H16N2O5/c13-10(11(16)6-2-1-3-6)7-4-8(14(18)19)12(17)9(15)5-7/h4-6,10-11,15-17H,1-3,13H2/t10-,11+/m1/s1. The lowest BCUT2D eigenvalue weighted by molar-refractivity contribution is -0.386. The van der Waals surface area contributed by atoms with Crippen LogP contribution in [0.1, 0.15) is 30.9 Å². The number of benzene rings is 1. The summed E-state index contributed by atoms with van der Waals surface area (Å²) in [6, 6.07) is 1.41. The van der Waals surface area contributed by atoms with Crippen molar-refractivity contribution in [2.75, 3.05) is 0 Å². The first-order chi connectivity index (χ1) is 8.91. The van der Waals surface area contributed by atoms with Crippen molar-refractivity contribution < 1.29 is 20.2 Å². The number of hydrogen-bond donors (Lipinski definition) is 4. The molecule has 7 nitrogen and oxygen atoms in total. The molecule has 1 aliphatic carbocycles. The molecule has 2 atom stereocenters. The van der Waals surface area contributed by atoms with Crippen molar-refractivity contribution in [3.63, 3.8) is 0 Å². The predicted octanol–water partition coefficient (Wildman–Crippen LogP) is 1.17. The number of phenols is 2. The highest BCUT2D eigenvalue weighted by molar-refractivity contribution is 5.57. The van der Waals surface area contributed by atoms with Crippen LogP contribution < -0.4 is 5.73 Å². The van der Waals surface area contributed by atoms with Gasteiger partial charge in [-0.2, -0.15) is 0 Å². The van der Waals surface area contributed by atoms with E-state index in [9.17, 15) is 25.4 Å². The van der Waals surface area contributed by atoms with Crippen LogP contribution in [0, 0.1) is 16.0 Å². The fraction of sp³-hybridized carbons (Fsp3) is 0.500. The summed E-state index contributed by atoms with van der Waals surface area (Å²) in [5.74, 6) is -1.32. The SMILES string of the molecule is N[C@H](c1cc(O)c(O)c([N+](=O)[O-])c1)[C@@H](O)C1CCC1. The molecule has 0 spiro atoms. The largest absolute Gasteiger partial charge is 0.504 e. The second-order valence-electron chi connectivity index (χ2n) is 4.87. The van der Waals surface area contributed by atoms with Gasteiger partial charge < -0.3 is 21.1 Å². The molecule has 1 fully saturated rings. The van der Waals surface area contributed by atoms with Gasteiger partial charge in [0.1, 0.15) is 0 Å². The molecule has 104 valence electrons. The van der Waals surface area contributed by atoms with E-state index >= 15 is 0 Å². The molecule has 0 bridgehead atoms. The Balaban J connectivity index is 2.31. The Morgan fingerprint density at radius 2 is 2.00 bits per heavy atom. The van der Waals surface area contributed by atoms with Crippen molar-refractivity contribution in [2.45, 2.75) is 31.4 Å². The summed E-state index contributed by atoms with van der Waals surface area (Å²) in [4.78, 5) is 9.95. The van der Waals surface area contributed by atoms with E-state index in [-0.39, 0.29) is 11.5 Å². The Morgan fingerprint density at radius 3 is 2.47 bits per heavy atom. The number of rotatable bonds is 4. The second-order valence-corrected chi connectivity index (χ2v) is 4.87. The molecule has 1 saturated carbocycles. The van der Waals surface area contributed by atoms with Gasteiger partial charge in [0.2, 0.25) is 5.75 Å². The Kier molecular flexibility index (Phi) is 3.59. The Hall–Kier alpha value is -1.86. The third-order valence-electron chi connectivity index (χ3n) is 3.67. The van der Waals surface area contributed by atoms with Gasteiger partial charge in [-0.15, -0.1) is 0 Å². The number of nitro groups is 1. The summed E-state index contributed by atoms with van der Waals surface area (Å²) >= 11 is 0. The zero-order chi connectivity index (χ0) is 14.2. The molecule has 0 radical (unpaired) electrons. The molecule has 0 amide bonds. The Bertz CT molecular complexity index is 501. The molecular formula is C12H16N2O5. The average Bonchev–Trinajstić information content (AvgIpc) is 2.28. The first-order valence-corrected chi connectivity index (χ1v) is 6.05. The monoisotopic (exact) mass is 268 g/mol. The van der Waals surface area contributed by atoms with Gasteiger partial charge in [0.25, 0.3) is 0 Å². The third kappa shape index (κ3) is 2.47. The van der Waals surface area contributed by atoms with Crippen LogP contribution in [0.15, 0.2) is 12.1 Å². The maximum Gasteiger partial charge on any atom is 0.314 e. The van der Waals surface area contributed by atoms with Crippen LogP contribution in [0.25, 0.3) is 0 Å². The van der Waals surface area contributed by atoms with Gasteiger partial charge in [-0.3, -0.25) is 10.1 Å². The molecule has 1 aromatic rings. The lowest BCUT2D eigenvalue weighted by Crippen LogP contribution is -2.36. The maximum atomic E-state index is 10.8. The van der Waals surface area contributed by atoms with E-state index in [2.05, 4.69) is 0 Å². The fourth-order valence-corrected chi connectivity index (χ4v) is 2.23. The van der Waals surface area contributed by atoms with Crippen molar-refractivity contribution in [1.29, 1.82) is 0 Å². The lowest BCUT2D eigenvalue weighted by Gasteiger charge is -2.33. The molecule has 0 aromatic heterocycles. The van der Waals surface area contributed by atoms with E-state index in [1.807, 2.05) is 0 Å². The molecule has 2 rings (SSSR count). The third-order valence-corrected chi connectivity index (χ3v) is 3.67. The molecule has 19 heavy (non-hydrogen) atoms. The van der Waals surface area contributed by atoms with Crippen LogP contribution >= 0.6 is 0 Å². The van der Waals surface area contributed by atoms with Crippen LogP contribution in [0.5, 0.6) is 11.5 Å². The zero-order valence-corrected chi connectivity index (χ0v) is 10.2. The highest BCUT2D eigenvalue weighted by atomic mass is 16.6. The summed E-state index contributed by atoms with van der Waals surface area (Å²) in [6.07, 6.45) is 1.98. The minimum atomic E-state index is -0.824. The predicted molar refractivity (Wildman–Crippen MR) is 66.7 cm³/mol. The van der Waals surface area contributed by atoms with E-state index in [1.165, 1.54) is 0 Å².